The predicted octanol–water partition coefficient (Wildman–Crippen LogP) is 3.14. The Kier molecular flexibility index (Phi) is 5.46. The van der Waals surface area contributed by atoms with Gasteiger partial charge in [-0.3, -0.25) is 4.79 Å². The number of aliphatic imine (C=N–C) groups is 1. The molecular formula is C18H18F3N3O. The van der Waals surface area contributed by atoms with Crippen molar-refractivity contribution < 1.29 is 18.0 Å². The van der Waals surface area contributed by atoms with Crippen molar-refractivity contribution in [1.29, 1.82) is 0 Å². The van der Waals surface area contributed by atoms with Gasteiger partial charge in [0.1, 0.15) is 0 Å². The Morgan fingerprint density at radius 1 is 1.04 bits per heavy atom. The van der Waals surface area contributed by atoms with Gasteiger partial charge in [-0.25, -0.2) is 0 Å². The zero-order valence-electron chi connectivity index (χ0n) is 13.5. The van der Waals surface area contributed by atoms with E-state index in [1.807, 2.05) is 31.2 Å². The van der Waals surface area contributed by atoms with Crippen LogP contribution in [0.3, 0.4) is 0 Å². The number of hydrogen-bond donors (Lipinski definition) is 2. The highest BCUT2D eigenvalue weighted by Gasteiger charge is 2.31. The maximum Gasteiger partial charge on any atom is 0.416 e. The van der Waals surface area contributed by atoms with E-state index in [0.29, 0.717) is 5.56 Å². The van der Waals surface area contributed by atoms with Gasteiger partial charge in [0.05, 0.1) is 11.5 Å². The summed E-state index contributed by atoms with van der Waals surface area (Å²) in [5.74, 6) is -1.75. The van der Waals surface area contributed by atoms with Crippen LogP contribution in [0.15, 0.2) is 53.5 Å². The van der Waals surface area contributed by atoms with Crippen molar-refractivity contribution in [3.05, 3.63) is 70.8 Å². The number of nitrogens with two attached hydrogens (primary N) is 2. The predicted molar refractivity (Wildman–Crippen MR) is 89.9 cm³/mol. The molecule has 132 valence electrons. The minimum absolute atomic E-state index is 0.279. The van der Waals surface area contributed by atoms with Crippen molar-refractivity contribution in [2.24, 2.45) is 16.5 Å². The SMILES string of the molecule is Cc1ccc(CC(C(=O)N=C(N)N)c2ccc(C(F)(F)F)cc2)cc1. The van der Waals surface area contributed by atoms with Crippen molar-refractivity contribution in [3.63, 3.8) is 0 Å². The van der Waals surface area contributed by atoms with Gasteiger partial charge >= 0.3 is 6.18 Å². The molecule has 0 saturated carbocycles. The van der Waals surface area contributed by atoms with Crippen LogP contribution in [0.5, 0.6) is 0 Å². The van der Waals surface area contributed by atoms with Gasteiger partial charge in [-0.15, -0.1) is 0 Å². The molecule has 0 aliphatic carbocycles. The van der Waals surface area contributed by atoms with E-state index in [2.05, 4.69) is 4.99 Å². The van der Waals surface area contributed by atoms with E-state index in [1.54, 1.807) is 0 Å². The monoisotopic (exact) mass is 349 g/mol. The van der Waals surface area contributed by atoms with Gasteiger partial charge in [-0.1, -0.05) is 42.0 Å². The first kappa shape index (κ1) is 18.5. The molecule has 0 bridgehead atoms. The first-order valence-electron chi connectivity index (χ1n) is 7.53. The van der Waals surface area contributed by atoms with Gasteiger partial charge < -0.3 is 11.5 Å². The number of guanidine groups is 1. The summed E-state index contributed by atoms with van der Waals surface area (Å²) in [6.45, 7) is 1.93. The van der Waals surface area contributed by atoms with Gasteiger partial charge in [0.25, 0.3) is 5.91 Å². The lowest BCUT2D eigenvalue weighted by atomic mass is 9.90. The van der Waals surface area contributed by atoms with Gasteiger partial charge in [0.2, 0.25) is 0 Å². The van der Waals surface area contributed by atoms with Crippen LogP contribution in [0.1, 0.15) is 28.2 Å². The number of alkyl halides is 3. The van der Waals surface area contributed by atoms with Crippen LogP contribution in [0.4, 0.5) is 13.2 Å². The molecule has 1 unspecified atom stereocenters. The molecule has 4 N–H and O–H groups in total. The molecule has 2 rings (SSSR count). The average molecular weight is 349 g/mol. The van der Waals surface area contributed by atoms with E-state index in [1.165, 1.54) is 12.1 Å². The van der Waals surface area contributed by atoms with Gasteiger partial charge in [-0.2, -0.15) is 18.2 Å². The summed E-state index contributed by atoms with van der Waals surface area (Å²) < 4.78 is 38.1. The topological polar surface area (TPSA) is 81.5 Å². The van der Waals surface area contributed by atoms with Crippen LogP contribution < -0.4 is 11.5 Å². The highest BCUT2D eigenvalue weighted by atomic mass is 19.4. The molecule has 0 aromatic heterocycles. The van der Waals surface area contributed by atoms with Crippen molar-refractivity contribution in [2.75, 3.05) is 0 Å². The van der Waals surface area contributed by atoms with Crippen molar-refractivity contribution in [2.45, 2.75) is 25.4 Å². The fourth-order valence-corrected chi connectivity index (χ4v) is 2.42. The third kappa shape index (κ3) is 5.07. The minimum Gasteiger partial charge on any atom is -0.370 e. The van der Waals surface area contributed by atoms with Crippen LogP contribution in [-0.4, -0.2) is 11.9 Å². The lowest BCUT2D eigenvalue weighted by molar-refractivity contribution is -0.137. The Bertz CT molecular complexity index is 762. The lowest BCUT2D eigenvalue weighted by Gasteiger charge is -2.15. The molecular weight excluding hydrogens is 331 g/mol. The van der Waals surface area contributed by atoms with E-state index in [0.717, 1.165) is 23.3 Å². The standard InChI is InChI=1S/C18H18F3N3O/c1-11-2-4-12(5-3-11)10-15(16(25)24-17(22)23)13-6-8-14(9-7-13)18(19,20)21/h2-9,15H,10H2,1H3,(H4,22,23,24,25). The first-order chi connectivity index (χ1) is 11.7. The molecule has 0 aliphatic rings. The third-order valence-corrected chi connectivity index (χ3v) is 3.74. The lowest BCUT2D eigenvalue weighted by Crippen LogP contribution is -2.26. The van der Waals surface area contributed by atoms with Crippen LogP contribution in [0.25, 0.3) is 0 Å². The van der Waals surface area contributed by atoms with Gasteiger partial charge in [0.15, 0.2) is 5.96 Å². The number of carbonyl (C=O) groups is 1. The smallest absolute Gasteiger partial charge is 0.370 e. The molecule has 25 heavy (non-hydrogen) atoms. The largest absolute Gasteiger partial charge is 0.416 e. The molecule has 2 aromatic carbocycles. The molecule has 0 fully saturated rings. The average Bonchev–Trinajstić information content (AvgIpc) is 2.53. The molecule has 0 spiro atoms. The van der Waals surface area contributed by atoms with E-state index in [4.69, 9.17) is 11.5 Å². The fraction of sp³-hybridized carbons (Fsp3) is 0.222. The highest BCUT2D eigenvalue weighted by Crippen LogP contribution is 2.31. The second-order valence-electron chi connectivity index (χ2n) is 5.74. The summed E-state index contributed by atoms with van der Waals surface area (Å²) in [5.41, 5.74) is 12.1. The minimum atomic E-state index is -4.44. The normalized spacial score (nSPS) is 12.5. The summed E-state index contributed by atoms with van der Waals surface area (Å²) in [7, 11) is 0. The van der Waals surface area contributed by atoms with Gasteiger partial charge in [0, 0.05) is 0 Å². The number of hydrogen-bond acceptors (Lipinski definition) is 1. The molecule has 0 aliphatic heterocycles. The van der Waals surface area contributed by atoms with E-state index < -0.39 is 23.6 Å². The maximum absolute atomic E-state index is 12.7. The van der Waals surface area contributed by atoms with Crippen molar-refractivity contribution in [1.82, 2.24) is 0 Å². The summed E-state index contributed by atoms with van der Waals surface area (Å²) in [6.07, 6.45) is -4.16. The summed E-state index contributed by atoms with van der Waals surface area (Å²) in [5, 5.41) is 0. The quantitative estimate of drug-likeness (QED) is 0.657. The molecule has 2 aromatic rings. The first-order valence-corrected chi connectivity index (χ1v) is 7.53. The molecule has 1 atom stereocenters. The van der Waals surface area contributed by atoms with Crippen LogP contribution in [0.2, 0.25) is 0 Å². The zero-order chi connectivity index (χ0) is 18.6. The highest BCUT2D eigenvalue weighted by molar-refractivity contribution is 5.95. The van der Waals surface area contributed by atoms with E-state index >= 15 is 0 Å². The Hall–Kier alpha value is -2.83. The van der Waals surface area contributed by atoms with E-state index in [-0.39, 0.29) is 12.4 Å². The maximum atomic E-state index is 12.7. The molecule has 1 amide bonds. The second-order valence-corrected chi connectivity index (χ2v) is 5.74. The number of nitrogens with zero attached hydrogens (tertiary/aromatic N) is 1. The number of rotatable bonds is 4. The van der Waals surface area contributed by atoms with Crippen molar-refractivity contribution in [3.8, 4) is 0 Å². The Morgan fingerprint density at radius 3 is 2.08 bits per heavy atom. The molecule has 0 radical (unpaired) electrons. The van der Waals surface area contributed by atoms with Crippen LogP contribution in [-0.2, 0) is 17.4 Å². The van der Waals surface area contributed by atoms with E-state index in [9.17, 15) is 18.0 Å². The number of amides is 1. The molecule has 0 heterocycles. The summed E-state index contributed by atoms with van der Waals surface area (Å²) in [4.78, 5) is 15.9. The Labute approximate surface area is 143 Å². The zero-order valence-corrected chi connectivity index (χ0v) is 13.5. The number of halogens is 3. The molecule has 7 heteroatoms. The summed E-state index contributed by atoms with van der Waals surface area (Å²) >= 11 is 0. The third-order valence-electron chi connectivity index (χ3n) is 3.74. The van der Waals surface area contributed by atoms with Gasteiger partial charge in [-0.05, 0) is 36.6 Å². The number of benzene rings is 2. The fourth-order valence-electron chi connectivity index (χ4n) is 2.42. The molecule has 0 saturated heterocycles. The van der Waals surface area contributed by atoms with Crippen molar-refractivity contribution >= 4 is 11.9 Å². The van der Waals surface area contributed by atoms with Crippen LogP contribution in [0, 0.1) is 6.92 Å². The van der Waals surface area contributed by atoms with Crippen LogP contribution >= 0.6 is 0 Å². The number of aryl methyl sites for hydroxylation is 1. The summed E-state index contributed by atoms with van der Waals surface area (Å²) in [6, 6.07) is 11.9. The Balaban J connectivity index is 2.35. The second kappa shape index (κ2) is 7.38. The molecule has 4 nitrogen and oxygen atoms in total. The Morgan fingerprint density at radius 2 is 1.60 bits per heavy atom. The number of carbonyl (C=O) groups excluding carboxylic acids is 1.